The van der Waals surface area contributed by atoms with Crippen molar-refractivity contribution in [1.82, 2.24) is 26.6 Å². The number of carboxylic acid groups (broad SMARTS) is 1. The monoisotopic (exact) mass is 787 g/mol. The van der Waals surface area contributed by atoms with Crippen LogP contribution < -0.4 is 43.8 Å². The van der Waals surface area contributed by atoms with Gasteiger partial charge in [-0.15, -0.1) is 0 Å². The lowest BCUT2D eigenvalue weighted by Crippen LogP contribution is -2.60. The van der Waals surface area contributed by atoms with Gasteiger partial charge in [0.25, 0.3) is 0 Å². The maximum atomic E-state index is 13.9. The highest BCUT2D eigenvalue weighted by Crippen LogP contribution is 2.13. The van der Waals surface area contributed by atoms with Gasteiger partial charge in [0.2, 0.25) is 29.5 Å². The second kappa shape index (κ2) is 28.2. The molecule has 0 fully saturated rings. The number of hydrogen-bond acceptors (Lipinski definition) is 11. The Labute approximate surface area is 326 Å². The second-order valence-corrected chi connectivity index (χ2v) is 15.7. The number of hydrogen-bond donors (Lipinski definition) is 9. The first-order valence-electron chi connectivity index (χ1n) is 19.4. The van der Waals surface area contributed by atoms with Crippen LogP contribution in [-0.4, -0.2) is 108 Å². The Kier molecular flexibility index (Phi) is 26.5. The highest BCUT2D eigenvalue weighted by Gasteiger charge is 2.34. The summed E-state index contributed by atoms with van der Waals surface area (Å²) < 4.78 is 0. The van der Waals surface area contributed by atoms with Crippen LogP contribution in [0.25, 0.3) is 0 Å². The standard InChI is InChI=1S/C37H70N8O8S/c1-8-24(6)31(45-32(47)25(40)15-16-30(46)23(4)5)36(51)42-27(14-10-12-19-39)33(48)41-26(13-9-11-18-38)34(49)44-29(21-22(2)3)35(50)43-28(37(52)53)17-20-54-7/h22-29,31H,8-21,38-40H2,1-7H3,(H,41,48)(H,42,51)(H,43,50)(H,44,49)(H,45,47)(H,52,53). The van der Waals surface area contributed by atoms with E-state index in [0.717, 1.165) is 0 Å². The zero-order valence-corrected chi connectivity index (χ0v) is 34.4. The SMILES string of the molecule is CCC(C)C(NC(=O)C(N)CCC(=O)C(C)C)C(=O)NC(CCCCN)C(=O)NC(CCCCN)C(=O)NC(CC(C)C)C(=O)NC(CCSC)C(=O)O. The number of rotatable bonds is 30. The number of aliphatic carboxylic acids is 1. The number of nitrogens with one attached hydrogen (secondary N) is 5. The molecule has 12 N–H and O–H groups in total. The highest BCUT2D eigenvalue weighted by molar-refractivity contribution is 7.98. The fraction of sp³-hybridized carbons (Fsp3) is 0.811. The molecule has 0 rings (SSSR count). The van der Waals surface area contributed by atoms with Crippen molar-refractivity contribution < 1.29 is 38.7 Å². The molecule has 0 radical (unpaired) electrons. The topological polar surface area (TPSA) is 278 Å². The van der Waals surface area contributed by atoms with Gasteiger partial charge in [-0.3, -0.25) is 28.8 Å². The first-order valence-corrected chi connectivity index (χ1v) is 20.7. The number of thioether (sulfide) groups is 1. The molecule has 0 saturated carbocycles. The zero-order chi connectivity index (χ0) is 41.4. The van der Waals surface area contributed by atoms with E-state index in [1.54, 1.807) is 20.8 Å². The van der Waals surface area contributed by atoms with Crippen LogP contribution >= 0.6 is 11.8 Å². The van der Waals surface area contributed by atoms with Gasteiger partial charge >= 0.3 is 5.97 Å². The van der Waals surface area contributed by atoms with E-state index in [9.17, 15) is 38.7 Å². The fourth-order valence-electron chi connectivity index (χ4n) is 5.48. The van der Waals surface area contributed by atoms with E-state index >= 15 is 0 Å². The van der Waals surface area contributed by atoms with Gasteiger partial charge in [0, 0.05) is 12.3 Å². The third-order valence-corrected chi connectivity index (χ3v) is 9.84. The number of carboxylic acids is 1. The van der Waals surface area contributed by atoms with Crippen LogP contribution in [0.15, 0.2) is 0 Å². The number of nitrogens with two attached hydrogens (primary N) is 3. The quantitative estimate of drug-likeness (QED) is 0.0460. The molecule has 5 amide bonds. The summed E-state index contributed by atoms with van der Waals surface area (Å²) in [6.45, 7) is 11.6. The van der Waals surface area contributed by atoms with Crippen molar-refractivity contribution >= 4 is 53.1 Å². The molecule has 0 aromatic heterocycles. The van der Waals surface area contributed by atoms with Crippen LogP contribution in [0.2, 0.25) is 0 Å². The molecule has 0 aromatic rings. The Hall–Kier alpha value is -3.28. The normalized spacial score (nSPS) is 15.3. The van der Waals surface area contributed by atoms with Gasteiger partial charge < -0.3 is 48.9 Å². The summed E-state index contributed by atoms with van der Waals surface area (Å²) in [5.41, 5.74) is 17.5. The van der Waals surface area contributed by atoms with Gasteiger partial charge in [0.1, 0.15) is 36.0 Å². The maximum Gasteiger partial charge on any atom is 0.326 e. The fourth-order valence-corrected chi connectivity index (χ4v) is 5.95. The predicted molar refractivity (Wildman–Crippen MR) is 212 cm³/mol. The van der Waals surface area contributed by atoms with Gasteiger partial charge in [-0.25, -0.2) is 4.79 Å². The van der Waals surface area contributed by atoms with Gasteiger partial charge in [0.05, 0.1) is 6.04 Å². The Morgan fingerprint density at radius 2 is 1.11 bits per heavy atom. The number of amides is 5. The Balaban J connectivity index is 6.22. The molecule has 0 bridgehead atoms. The molecule has 7 atom stereocenters. The van der Waals surface area contributed by atoms with Crippen LogP contribution in [0.3, 0.4) is 0 Å². The summed E-state index contributed by atoms with van der Waals surface area (Å²) in [5, 5.41) is 23.2. The molecule has 0 heterocycles. The largest absolute Gasteiger partial charge is 0.480 e. The van der Waals surface area contributed by atoms with E-state index in [1.807, 2.05) is 27.0 Å². The lowest BCUT2D eigenvalue weighted by Gasteiger charge is -2.29. The summed E-state index contributed by atoms with van der Waals surface area (Å²) in [5.74, 6) is -4.40. The van der Waals surface area contributed by atoms with Crippen molar-refractivity contribution in [3.8, 4) is 0 Å². The molecule has 0 aromatic carbocycles. The number of unbranched alkanes of at least 4 members (excludes halogenated alkanes) is 2. The van der Waals surface area contributed by atoms with E-state index in [4.69, 9.17) is 17.2 Å². The van der Waals surface area contributed by atoms with Gasteiger partial charge in [-0.2, -0.15) is 11.8 Å². The lowest BCUT2D eigenvalue weighted by atomic mass is 9.96. The summed E-state index contributed by atoms with van der Waals surface area (Å²) in [7, 11) is 0. The number of Topliss-reactive ketones (excluding diaryl/α,β-unsaturated/α-hetero) is 1. The van der Waals surface area contributed by atoms with Crippen molar-refractivity contribution in [2.45, 2.75) is 148 Å². The minimum atomic E-state index is -1.18. The summed E-state index contributed by atoms with van der Waals surface area (Å²) in [6.07, 6.45) is 5.46. The molecule has 17 heteroatoms. The Morgan fingerprint density at radius 3 is 1.56 bits per heavy atom. The van der Waals surface area contributed by atoms with Gasteiger partial charge in [0.15, 0.2) is 0 Å². The zero-order valence-electron chi connectivity index (χ0n) is 33.5. The minimum absolute atomic E-state index is 0.0250. The number of carbonyl (C=O) groups excluding carboxylic acids is 6. The molecule has 16 nitrogen and oxygen atoms in total. The molecule has 0 aliphatic carbocycles. The first-order chi connectivity index (χ1) is 25.4. The third-order valence-electron chi connectivity index (χ3n) is 9.20. The summed E-state index contributed by atoms with van der Waals surface area (Å²) >= 11 is 1.45. The van der Waals surface area contributed by atoms with Crippen molar-refractivity contribution in [2.75, 3.05) is 25.1 Å². The van der Waals surface area contributed by atoms with Crippen molar-refractivity contribution in [3.05, 3.63) is 0 Å². The van der Waals surface area contributed by atoms with Crippen molar-refractivity contribution in [3.63, 3.8) is 0 Å². The van der Waals surface area contributed by atoms with E-state index in [-0.39, 0.29) is 62.1 Å². The molecular formula is C37H70N8O8S. The van der Waals surface area contributed by atoms with Crippen molar-refractivity contribution in [2.24, 2.45) is 35.0 Å². The highest BCUT2D eigenvalue weighted by atomic mass is 32.2. The van der Waals surface area contributed by atoms with E-state index < -0.39 is 71.8 Å². The average Bonchev–Trinajstić information content (AvgIpc) is 3.12. The summed E-state index contributed by atoms with van der Waals surface area (Å²) in [6, 6.07) is -6.47. The van der Waals surface area contributed by atoms with Crippen LogP contribution in [0.1, 0.15) is 112 Å². The summed E-state index contributed by atoms with van der Waals surface area (Å²) in [4.78, 5) is 91.7. The van der Waals surface area contributed by atoms with E-state index in [1.165, 1.54) is 11.8 Å². The molecule has 0 saturated heterocycles. The number of carbonyl (C=O) groups is 7. The van der Waals surface area contributed by atoms with Crippen LogP contribution in [0.4, 0.5) is 0 Å². The molecule has 0 aliphatic rings. The Bertz CT molecular complexity index is 1190. The molecule has 0 spiro atoms. The molecular weight excluding hydrogens is 717 g/mol. The van der Waals surface area contributed by atoms with Gasteiger partial charge in [-0.1, -0.05) is 48.0 Å². The Morgan fingerprint density at radius 1 is 0.630 bits per heavy atom. The van der Waals surface area contributed by atoms with Crippen LogP contribution in [0, 0.1) is 17.8 Å². The van der Waals surface area contributed by atoms with Gasteiger partial charge in [-0.05, 0) is 94.7 Å². The van der Waals surface area contributed by atoms with Crippen molar-refractivity contribution in [1.29, 1.82) is 0 Å². The molecule has 0 aliphatic heterocycles. The van der Waals surface area contributed by atoms with E-state index in [0.29, 0.717) is 50.9 Å². The third kappa shape index (κ3) is 20.4. The number of ketones is 1. The molecule has 312 valence electrons. The molecule has 7 unspecified atom stereocenters. The van der Waals surface area contributed by atoms with Crippen LogP contribution in [0.5, 0.6) is 0 Å². The smallest absolute Gasteiger partial charge is 0.326 e. The lowest BCUT2D eigenvalue weighted by molar-refractivity contribution is -0.142. The van der Waals surface area contributed by atoms with E-state index in [2.05, 4.69) is 26.6 Å². The second-order valence-electron chi connectivity index (χ2n) is 14.7. The molecule has 54 heavy (non-hydrogen) atoms. The minimum Gasteiger partial charge on any atom is -0.480 e. The predicted octanol–water partition coefficient (Wildman–Crippen LogP) is 0.931. The maximum absolute atomic E-state index is 13.9. The average molecular weight is 787 g/mol. The van der Waals surface area contributed by atoms with Crippen LogP contribution in [-0.2, 0) is 33.6 Å². The first kappa shape index (κ1) is 50.7.